The summed E-state index contributed by atoms with van der Waals surface area (Å²) in [5, 5.41) is 9.23. The Balaban J connectivity index is 1.98. The van der Waals surface area contributed by atoms with E-state index in [9.17, 15) is 22.9 Å². The SMILES string of the molecule is C=C1CC[C@H]2C(C)(C)[C@H](O)CC[C@@]2(C)[C@H]1C[C@H](C1=CCOC1=O)S(=O)(=O)O. The van der Waals surface area contributed by atoms with E-state index in [-0.39, 0.29) is 41.3 Å². The molecule has 0 bridgehead atoms. The summed E-state index contributed by atoms with van der Waals surface area (Å²) < 4.78 is 39.0. The van der Waals surface area contributed by atoms with Crippen molar-refractivity contribution in [2.45, 2.75) is 64.2 Å². The number of hydrogen-bond acceptors (Lipinski definition) is 5. The number of carbonyl (C=O) groups is 1. The van der Waals surface area contributed by atoms with E-state index in [2.05, 4.69) is 27.4 Å². The highest BCUT2D eigenvalue weighted by Crippen LogP contribution is 2.62. The smallest absolute Gasteiger partial charge is 0.335 e. The average Bonchev–Trinajstić information content (AvgIpc) is 2.95. The zero-order valence-electron chi connectivity index (χ0n) is 16.3. The van der Waals surface area contributed by atoms with Crippen molar-refractivity contribution in [1.29, 1.82) is 0 Å². The summed E-state index contributed by atoms with van der Waals surface area (Å²) in [4.78, 5) is 12.0. The summed E-state index contributed by atoms with van der Waals surface area (Å²) in [5.74, 6) is -0.639. The van der Waals surface area contributed by atoms with E-state index in [1.54, 1.807) is 0 Å². The number of aliphatic hydroxyl groups excluding tert-OH is 1. The van der Waals surface area contributed by atoms with Crippen LogP contribution in [0, 0.1) is 22.7 Å². The highest BCUT2D eigenvalue weighted by atomic mass is 32.2. The summed E-state index contributed by atoms with van der Waals surface area (Å²) in [7, 11) is -4.47. The number of hydrogen-bond donors (Lipinski definition) is 2. The van der Waals surface area contributed by atoms with E-state index in [1.165, 1.54) is 6.08 Å². The van der Waals surface area contributed by atoms with Crippen LogP contribution in [0.3, 0.4) is 0 Å². The normalized spacial score (nSPS) is 37.4. The van der Waals surface area contributed by atoms with Crippen LogP contribution in [-0.2, 0) is 19.6 Å². The van der Waals surface area contributed by atoms with Gasteiger partial charge in [-0.3, -0.25) is 4.55 Å². The molecule has 3 aliphatic rings. The molecule has 0 saturated heterocycles. The van der Waals surface area contributed by atoms with Gasteiger partial charge in [0.05, 0.1) is 11.7 Å². The molecule has 0 spiro atoms. The van der Waals surface area contributed by atoms with Gasteiger partial charge in [0.2, 0.25) is 0 Å². The largest absolute Gasteiger partial charge is 0.458 e. The van der Waals surface area contributed by atoms with Gasteiger partial charge in [0.15, 0.2) is 0 Å². The number of fused-ring (bicyclic) bond motifs is 1. The third-order valence-corrected chi connectivity index (χ3v) is 8.63. The Bertz CT molecular complexity index is 780. The molecule has 0 aromatic heterocycles. The van der Waals surface area contributed by atoms with Crippen LogP contribution in [0.4, 0.5) is 0 Å². The minimum atomic E-state index is -4.47. The summed E-state index contributed by atoms with van der Waals surface area (Å²) >= 11 is 0. The van der Waals surface area contributed by atoms with Gasteiger partial charge in [-0.05, 0) is 60.8 Å². The van der Waals surface area contributed by atoms with Crippen LogP contribution in [0.25, 0.3) is 0 Å². The predicted octanol–water partition coefficient (Wildman–Crippen LogP) is 2.89. The van der Waals surface area contributed by atoms with Gasteiger partial charge in [0.1, 0.15) is 11.9 Å². The van der Waals surface area contributed by atoms with Crippen molar-refractivity contribution in [3.05, 3.63) is 23.8 Å². The van der Waals surface area contributed by atoms with E-state index >= 15 is 0 Å². The highest BCUT2D eigenvalue weighted by Gasteiger charge is 2.57. The van der Waals surface area contributed by atoms with Gasteiger partial charge in [0, 0.05) is 0 Å². The molecule has 0 amide bonds. The zero-order valence-corrected chi connectivity index (χ0v) is 17.1. The standard InChI is InChI=1S/C20H30O6S/c1-12-5-6-16-19(2,3)17(21)7-9-20(16,4)14(12)11-15(27(23,24)25)13-8-10-26-18(13)22/h8,14-17,21H,1,5-7,9-11H2,2-4H3,(H,23,24,25)/t14-,15+,16-,17+,20-/m0/s1. The summed E-state index contributed by atoms with van der Waals surface area (Å²) in [6.07, 6.45) is 4.21. The molecule has 152 valence electrons. The summed E-state index contributed by atoms with van der Waals surface area (Å²) in [6, 6.07) is 0. The van der Waals surface area contributed by atoms with Crippen molar-refractivity contribution < 1.29 is 27.6 Å². The van der Waals surface area contributed by atoms with Crippen LogP contribution in [0.15, 0.2) is 23.8 Å². The minimum absolute atomic E-state index is 0.0196. The van der Waals surface area contributed by atoms with Gasteiger partial charge in [-0.1, -0.05) is 32.9 Å². The Labute approximate surface area is 161 Å². The van der Waals surface area contributed by atoms with Crippen LogP contribution in [0.1, 0.15) is 52.9 Å². The fourth-order valence-corrected chi connectivity index (χ4v) is 6.81. The van der Waals surface area contributed by atoms with Crippen LogP contribution in [0.5, 0.6) is 0 Å². The van der Waals surface area contributed by atoms with Crippen molar-refractivity contribution in [2.24, 2.45) is 22.7 Å². The molecular weight excluding hydrogens is 368 g/mol. The van der Waals surface area contributed by atoms with E-state index < -0.39 is 27.4 Å². The van der Waals surface area contributed by atoms with Gasteiger partial charge in [-0.2, -0.15) is 8.42 Å². The van der Waals surface area contributed by atoms with E-state index in [4.69, 9.17) is 4.74 Å². The topological polar surface area (TPSA) is 101 Å². The number of cyclic esters (lactones) is 1. The van der Waals surface area contributed by atoms with Gasteiger partial charge in [-0.25, -0.2) is 4.79 Å². The van der Waals surface area contributed by atoms with Crippen LogP contribution in [-0.4, -0.2) is 42.0 Å². The van der Waals surface area contributed by atoms with Crippen molar-refractivity contribution in [3.8, 4) is 0 Å². The third kappa shape index (κ3) is 3.38. The second-order valence-corrected chi connectivity index (χ2v) is 10.8. The highest BCUT2D eigenvalue weighted by molar-refractivity contribution is 7.86. The van der Waals surface area contributed by atoms with Gasteiger partial charge >= 0.3 is 5.97 Å². The first-order valence-electron chi connectivity index (χ1n) is 9.58. The maximum atomic E-state index is 12.1. The number of ether oxygens (including phenoxy) is 1. The second-order valence-electron chi connectivity index (χ2n) is 9.18. The van der Waals surface area contributed by atoms with Crippen LogP contribution in [0.2, 0.25) is 0 Å². The van der Waals surface area contributed by atoms with Gasteiger partial charge in [0.25, 0.3) is 10.1 Å². The van der Waals surface area contributed by atoms with Crippen LogP contribution >= 0.6 is 0 Å². The third-order valence-electron chi connectivity index (χ3n) is 7.46. The minimum Gasteiger partial charge on any atom is -0.458 e. The summed E-state index contributed by atoms with van der Waals surface area (Å²) in [6.45, 7) is 10.5. The first-order chi connectivity index (χ1) is 12.4. The van der Waals surface area contributed by atoms with E-state index in [0.717, 1.165) is 24.8 Å². The second kappa shape index (κ2) is 6.71. The Morgan fingerprint density at radius 3 is 2.56 bits per heavy atom. The number of aliphatic hydroxyl groups is 1. The monoisotopic (exact) mass is 398 g/mol. The number of allylic oxidation sites excluding steroid dienone is 1. The Morgan fingerprint density at radius 2 is 2.00 bits per heavy atom. The molecule has 0 unspecified atom stereocenters. The Morgan fingerprint density at radius 1 is 1.33 bits per heavy atom. The first kappa shape index (κ1) is 20.6. The zero-order chi connectivity index (χ0) is 20.2. The molecule has 1 aliphatic heterocycles. The van der Waals surface area contributed by atoms with Crippen molar-refractivity contribution in [2.75, 3.05) is 6.61 Å². The molecular formula is C20H30O6S. The molecule has 0 aromatic carbocycles. The molecule has 6 nitrogen and oxygen atoms in total. The lowest BCUT2D eigenvalue weighted by Crippen LogP contribution is -2.55. The van der Waals surface area contributed by atoms with Crippen molar-refractivity contribution >= 4 is 16.1 Å². The molecule has 0 aromatic rings. The van der Waals surface area contributed by atoms with Gasteiger partial charge < -0.3 is 9.84 Å². The molecule has 1 heterocycles. The van der Waals surface area contributed by atoms with Crippen molar-refractivity contribution in [3.63, 3.8) is 0 Å². The molecule has 3 rings (SSSR count). The molecule has 0 radical (unpaired) electrons. The predicted molar refractivity (Wildman–Crippen MR) is 101 cm³/mol. The fourth-order valence-electron chi connectivity index (χ4n) is 5.86. The van der Waals surface area contributed by atoms with E-state index in [0.29, 0.717) is 6.42 Å². The van der Waals surface area contributed by atoms with Gasteiger partial charge in [-0.15, -0.1) is 0 Å². The Kier molecular flexibility index (Phi) is 5.11. The number of rotatable bonds is 4. The maximum Gasteiger partial charge on any atom is 0.335 e. The van der Waals surface area contributed by atoms with Crippen LogP contribution < -0.4 is 0 Å². The maximum absolute atomic E-state index is 12.1. The number of carbonyl (C=O) groups excluding carboxylic acids is 1. The number of esters is 1. The lowest BCUT2D eigenvalue weighted by molar-refractivity contribution is -0.136. The lowest BCUT2D eigenvalue weighted by Gasteiger charge is -2.59. The fraction of sp³-hybridized carbons (Fsp3) is 0.750. The molecule has 2 fully saturated rings. The first-order valence-corrected chi connectivity index (χ1v) is 11.1. The molecule has 7 heteroatoms. The molecule has 5 atom stereocenters. The quantitative estimate of drug-likeness (QED) is 0.429. The Hall–Kier alpha value is -1.18. The molecule has 2 N–H and O–H groups in total. The molecule has 27 heavy (non-hydrogen) atoms. The summed E-state index contributed by atoms with van der Waals surface area (Å²) in [5.41, 5.74) is 0.447. The molecule has 2 aliphatic carbocycles. The average molecular weight is 399 g/mol. The van der Waals surface area contributed by atoms with Crippen molar-refractivity contribution in [1.82, 2.24) is 0 Å². The van der Waals surface area contributed by atoms with E-state index in [1.807, 2.05) is 0 Å². The molecule has 2 saturated carbocycles. The lowest BCUT2D eigenvalue weighted by atomic mass is 9.46.